The Morgan fingerprint density at radius 3 is 1.91 bits per heavy atom. The maximum absolute atomic E-state index is 4.51. The van der Waals surface area contributed by atoms with Crippen LogP contribution in [-0.2, 0) is 13.0 Å². The van der Waals surface area contributed by atoms with Gasteiger partial charge < -0.3 is 4.57 Å². The molecule has 226 valence electrons. The summed E-state index contributed by atoms with van der Waals surface area (Å²) in [6, 6.07) is 23.8. The van der Waals surface area contributed by atoms with E-state index >= 15 is 0 Å². The van der Waals surface area contributed by atoms with Crippen LogP contribution >= 0.6 is 0 Å². The van der Waals surface area contributed by atoms with Crippen molar-refractivity contribution < 1.29 is 9.13 Å². The topological polar surface area (TPSA) is 46.4 Å². The average Bonchev–Trinajstić information content (AvgIpc) is 3.09. The van der Waals surface area contributed by atoms with Gasteiger partial charge in [-0.1, -0.05) is 37.6 Å². The highest BCUT2D eigenvalue weighted by Gasteiger charge is 2.23. The molecule has 0 aliphatic heterocycles. The third kappa shape index (κ3) is 8.59. The fourth-order valence-electron chi connectivity index (χ4n) is 6.31. The molecular weight excluding hydrogens is 538 g/mol. The molecule has 5 aromatic rings. The summed E-state index contributed by atoms with van der Waals surface area (Å²) in [5.74, 6) is 1.50. The zero-order chi connectivity index (χ0) is 30.6. The van der Waals surface area contributed by atoms with Crippen molar-refractivity contribution in [2.75, 3.05) is 0 Å². The molecule has 3 unspecified atom stereocenters. The number of hydrogen-bond acceptors (Lipinski definition) is 3. The Hall–Kier alpha value is -4.38. The maximum atomic E-state index is 4.51. The zero-order valence-electron chi connectivity index (χ0n) is 26.3. The summed E-state index contributed by atoms with van der Waals surface area (Å²) in [5.41, 5.74) is 7.43. The van der Waals surface area contributed by atoms with E-state index in [-0.39, 0.29) is 0 Å². The third-order valence-electron chi connectivity index (χ3n) is 8.96. The molecule has 0 aromatic carbocycles. The van der Waals surface area contributed by atoms with Gasteiger partial charge in [0.15, 0.2) is 12.4 Å². The van der Waals surface area contributed by atoms with Gasteiger partial charge in [0.05, 0.1) is 23.8 Å². The van der Waals surface area contributed by atoms with Gasteiger partial charge in [-0.05, 0) is 109 Å². The van der Waals surface area contributed by atoms with Crippen LogP contribution in [0.1, 0.15) is 92.4 Å². The van der Waals surface area contributed by atoms with E-state index in [4.69, 9.17) is 0 Å². The largest absolute Gasteiger partial charge is 0.339 e. The predicted molar refractivity (Wildman–Crippen MR) is 177 cm³/mol. The van der Waals surface area contributed by atoms with E-state index in [1.165, 1.54) is 22.3 Å². The lowest BCUT2D eigenvalue weighted by Gasteiger charge is -2.27. The van der Waals surface area contributed by atoms with Gasteiger partial charge in [-0.2, -0.15) is 0 Å². The Bertz CT molecular complexity index is 1540. The third-order valence-corrected chi connectivity index (χ3v) is 8.96. The maximum Gasteiger partial charge on any atom is 0.169 e. The number of unbranched alkanes of at least 4 members (excludes halogenated alkanes) is 1. The van der Waals surface area contributed by atoms with Crippen LogP contribution in [0.25, 0.3) is 11.4 Å². The molecule has 0 aliphatic carbocycles. The summed E-state index contributed by atoms with van der Waals surface area (Å²) in [6.45, 7) is 5.66. The van der Waals surface area contributed by atoms with Crippen molar-refractivity contribution in [3.63, 3.8) is 0 Å². The van der Waals surface area contributed by atoms with Gasteiger partial charge in [-0.3, -0.25) is 15.0 Å². The minimum absolute atomic E-state index is 0.471. The average molecular weight is 585 g/mol. The molecule has 44 heavy (non-hydrogen) atoms. The highest BCUT2D eigenvalue weighted by atomic mass is 14.9. The Kier molecular flexibility index (Phi) is 11.2. The minimum atomic E-state index is 0.471. The molecule has 0 spiro atoms. The lowest BCUT2D eigenvalue weighted by atomic mass is 9.77. The fraction of sp³-hybridized carbons (Fsp3) is 0.333. The van der Waals surface area contributed by atoms with E-state index in [0.717, 1.165) is 62.9 Å². The molecule has 0 radical (unpaired) electrons. The molecule has 0 saturated carbocycles. The smallest absolute Gasteiger partial charge is 0.169 e. The highest BCUT2D eigenvalue weighted by Crippen LogP contribution is 2.39. The molecule has 5 nitrogen and oxygen atoms in total. The second-order valence-corrected chi connectivity index (χ2v) is 11.9. The first-order chi connectivity index (χ1) is 21.6. The molecule has 5 heterocycles. The minimum Gasteiger partial charge on any atom is -0.339 e. The van der Waals surface area contributed by atoms with Crippen molar-refractivity contribution in [2.45, 2.75) is 83.1 Å². The van der Waals surface area contributed by atoms with Gasteiger partial charge in [-0.15, -0.1) is 0 Å². The molecule has 5 heteroatoms. The van der Waals surface area contributed by atoms with E-state index in [0.29, 0.717) is 17.8 Å². The molecule has 0 amide bonds. The number of aromatic nitrogens is 5. The van der Waals surface area contributed by atoms with Crippen molar-refractivity contribution >= 4 is 0 Å². The highest BCUT2D eigenvalue weighted by molar-refractivity contribution is 5.54. The van der Waals surface area contributed by atoms with Gasteiger partial charge in [-0.25, -0.2) is 4.57 Å². The Morgan fingerprint density at radius 2 is 1.27 bits per heavy atom. The van der Waals surface area contributed by atoms with E-state index in [2.05, 4.69) is 114 Å². The Balaban J connectivity index is 1.18. The van der Waals surface area contributed by atoms with E-state index < -0.39 is 0 Å². The molecule has 0 saturated heterocycles. The first kappa shape index (κ1) is 31.1. The molecule has 3 atom stereocenters. The SMILES string of the molecule is [CH2-][n+]1ccc(C(CC)CC(CC(CC)c2cc[n+](CCCCc3ccnc(-c4ccccn4)c3)cc2)c2ccncc2)cc1. The summed E-state index contributed by atoms with van der Waals surface area (Å²) in [4.78, 5) is 13.3. The van der Waals surface area contributed by atoms with Crippen LogP contribution in [0.4, 0.5) is 0 Å². The normalized spacial score (nSPS) is 13.3. The summed E-state index contributed by atoms with van der Waals surface area (Å²) in [5, 5.41) is 0. The quantitative estimate of drug-likeness (QED) is 0.0711. The summed E-state index contributed by atoms with van der Waals surface area (Å²) >= 11 is 0. The number of nitrogens with zero attached hydrogens (tertiary/aromatic N) is 5. The second-order valence-electron chi connectivity index (χ2n) is 11.9. The van der Waals surface area contributed by atoms with Crippen LogP contribution < -0.4 is 9.13 Å². The zero-order valence-corrected chi connectivity index (χ0v) is 26.3. The molecular formula is C39H46N5+. The van der Waals surface area contributed by atoms with Crippen molar-refractivity contribution in [1.82, 2.24) is 15.0 Å². The summed E-state index contributed by atoms with van der Waals surface area (Å²) in [7, 11) is 4.00. The van der Waals surface area contributed by atoms with Gasteiger partial charge in [0.25, 0.3) is 0 Å². The number of rotatable bonds is 15. The number of hydrogen-bond donors (Lipinski definition) is 0. The van der Waals surface area contributed by atoms with Gasteiger partial charge in [0.1, 0.15) is 6.54 Å². The summed E-state index contributed by atoms with van der Waals surface area (Å²) < 4.78 is 4.20. The van der Waals surface area contributed by atoms with E-state index in [1.54, 1.807) is 0 Å². The van der Waals surface area contributed by atoms with Gasteiger partial charge in [0, 0.05) is 50.4 Å². The molecule has 0 bridgehead atoms. The van der Waals surface area contributed by atoms with Crippen molar-refractivity contribution in [2.24, 2.45) is 0 Å². The van der Waals surface area contributed by atoms with Gasteiger partial charge in [0.2, 0.25) is 0 Å². The van der Waals surface area contributed by atoms with Crippen LogP contribution in [-0.4, -0.2) is 15.0 Å². The van der Waals surface area contributed by atoms with Crippen LogP contribution in [0, 0.1) is 7.05 Å². The molecule has 5 rings (SSSR count). The second kappa shape index (κ2) is 15.9. The monoisotopic (exact) mass is 584 g/mol. The van der Waals surface area contributed by atoms with Crippen molar-refractivity contribution in [3.8, 4) is 11.4 Å². The Labute approximate surface area is 263 Å². The van der Waals surface area contributed by atoms with Crippen LogP contribution in [0.3, 0.4) is 0 Å². The summed E-state index contributed by atoms with van der Waals surface area (Å²) in [6.07, 6.45) is 24.1. The first-order valence-corrected chi connectivity index (χ1v) is 16.2. The molecule has 0 aliphatic rings. The predicted octanol–water partition coefficient (Wildman–Crippen LogP) is 8.03. The Morgan fingerprint density at radius 1 is 0.636 bits per heavy atom. The van der Waals surface area contributed by atoms with Crippen LogP contribution in [0.2, 0.25) is 0 Å². The number of pyridine rings is 5. The van der Waals surface area contributed by atoms with Gasteiger partial charge >= 0.3 is 0 Å². The van der Waals surface area contributed by atoms with E-state index in [9.17, 15) is 0 Å². The number of aryl methyl sites for hydroxylation is 2. The van der Waals surface area contributed by atoms with Crippen LogP contribution in [0.5, 0.6) is 0 Å². The van der Waals surface area contributed by atoms with Crippen molar-refractivity contribution in [3.05, 3.63) is 146 Å². The standard InChI is InChI=1S/C39H46N5/c1-4-32(35-15-24-43(3)25-16-35)29-37(34-13-20-40-21-14-34)30-33(5-2)36-17-26-44(27-18-36)23-9-7-10-31-12-22-42-39(28-31)38-11-6-8-19-41-38/h6,8,11-22,24-28,32-33,37H,3-5,7,9-10,23,29-30H2,1-2H3/q+1. The first-order valence-electron chi connectivity index (χ1n) is 16.2. The van der Waals surface area contributed by atoms with Crippen molar-refractivity contribution in [1.29, 1.82) is 0 Å². The fourth-order valence-corrected chi connectivity index (χ4v) is 6.31. The van der Waals surface area contributed by atoms with Crippen LogP contribution in [0.15, 0.2) is 116 Å². The molecule has 0 fully saturated rings. The lowest BCUT2D eigenvalue weighted by Crippen LogP contribution is -2.32. The molecule has 5 aromatic heterocycles. The van der Waals surface area contributed by atoms with E-state index in [1.807, 2.05) is 47.6 Å². The lowest BCUT2D eigenvalue weighted by molar-refractivity contribution is -0.697. The molecule has 0 N–H and O–H groups in total.